The second-order valence-corrected chi connectivity index (χ2v) is 6.42. The lowest BCUT2D eigenvalue weighted by molar-refractivity contribution is 0.589. The summed E-state index contributed by atoms with van der Waals surface area (Å²) < 4.78 is 14.6. The number of pyridine rings is 1. The monoisotopic (exact) mass is 402 g/mol. The molecule has 22 heavy (non-hydrogen) atoms. The van der Waals surface area contributed by atoms with Gasteiger partial charge in [-0.3, -0.25) is 0 Å². The van der Waals surface area contributed by atoms with Crippen molar-refractivity contribution in [1.29, 1.82) is 5.26 Å². The Morgan fingerprint density at radius 1 is 1.36 bits per heavy atom. The molecule has 0 spiro atoms. The number of benzene rings is 1. The number of rotatable bonds is 1. The highest BCUT2D eigenvalue weighted by Gasteiger charge is 2.24. The lowest BCUT2D eigenvalue weighted by Gasteiger charge is -2.31. The van der Waals surface area contributed by atoms with Gasteiger partial charge < -0.3 is 10.2 Å². The van der Waals surface area contributed by atoms with Gasteiger partial charge in [0.25, 0.3) is 0 Å². The third-order valence-electron chi connectivity index (χ3n) is 3.59. The van der Waals surface area contributed by atoms with E-state index in [9.17, 15) is 9.65 Å². The van der Waals surface area contributed by atoms with E-state index >= 15 is 0 Å². The normalized spacial score (nSPS) is 15.1. The van der Waals surface area contributed by atoms with Crippen LogP contribution in [0.4, 0.5) is 10.1 Å². The van der Waals surface area contributed by atoms with Crippen molar-refractivity contribution in [3.8, 4) is 6.07 Å². The highest BCUT2D eigenvalue weighted by Crippen LogP contribution is 2.39. The summed E-state index contributed by atoms with van der Waals surface area (Å²) in [6.45, 7) is 2.94. The molecule has 4 nitrogen and oxygen atoms in total. The summed E-state index contributed by atoms with van der Waals surface area (Å²) in [6, 6.07) is 3.69. The van der Waals surface area contributed by atoms with Crippen molar-refractivity contribution in [3.63, 3.8) is 0 Å². The fraction of sp³-hybridized carbons (Fsp3) is 0.286. The highest BCUT2D eigenvalue weighted by atomic mass is 79.9. The van der Waals surface area contributed by atoms with E-state index in [0.717, 1.165) is 13.1 Å². The number of hydrogen-bond acceptors (Lipinski definition) is 4. The van der Waals surface area contributed by atoms with Gasteiger partial charge in [-0.2, -0.15) is 5.26 Å². The zero-order chi connectivity index (χ0) is 15.9. The van der Waals surface area contributed by atoms with E-state index in [2.05, 4.69) is 32.3 Å². The van der Waals surface area contributed by atoms with Crippen molar-refractivity contribution < 1.29 is 4.39 Å². The predicted molar refractivity (Wildman–Crippen MR) is 89.2 cm³/mol. The Hall–Kier alpha value is -1.13. The zero-order valence-corrected chi connectivity index (χ0v) is 14.4. The minimum atomic E-state index is -0.578. The molecule has 2 aromatic rings. The molecule has 0 aliphatic carbocycles. The van der Waals surface area contributed by atoms with E-state index in [-0.39, 0.29) is 25.7 Å². The Bertz CT molecular complexity index is 800. The zero-order valence-electron chi connectivity index (χ0n) is 11.3. The number of hydrogen-bond donors (Lipinski definition) is 1. The molecule has 0 saturated carbocycles. The van der Waals surface area contributed by atoms with Gasteiger partial charge in [-0.25, -0.2) is 9.37 Å². The average molecular weight is 404 g/mol. The molecule has 0 atom stereocenters. The Labute approximate surface area is 144 Å². The molecule has 2 heterocycles. The van der Waals surface area contributed by atoms with Gasteiger partial charge in [-0.15, -0.1) is 0 Å². The van der Waals surface area contributed by atoms with Crippen molar-refractivity contribution in [2.45, 2.75) is 0 Å². The first-order valence-corrected chi connectivity index (χ1v) is 8.12. The number of halogens is 4. The number of nitriles is 1. The molecular weight excluding hydrogens is 394 g/mol. The second kappa shape index (κ2) is 6.17. The van der Waals surface area contributed by atoms with Crippen LogP contribution in [0, 0.1) is 17.1 Å². The van der Waals surface area contributed by atoms with Gasteiger partial charge in [0.2, 0.25) is 0 Å². The van der Waals surface area contributed by atoms with Gasteiger partial charge in [-0.1, -0.05) is 23.2 Å². The number of fused-ring (bicyclic) bond motifs is 1. The number of piperazine rings is 1. The van der Waals surface area contributed by atoms with Crippen LogP contribution in [-0.4, -0.2) is 31.2 Å². The third-order valence-corrected chi connectivity index (χ3v) is 5.16. The molecule has 1 aromatic heterocycles. The SMILES string of the molecule is N#Cc1c(Cl)nc2c(F)c(Br)c(Cl)cc2c1N1CCNCC1. The molecule has 1 saturated heterocycles. The van der Waals surface area contributed by atoms with E-state index in [1.54, 1.807) is 6.07 Å². The van der Waals surface area contributed by atoms with Crippen molar-refractivity contribution >= 4 is 55.7 Å². The standard InChI is InChI=1S/C14H10BrCl2FN4/c15-10-9(16)5-7-12(11(10)18)21-14(17)8(6-19)13(7)22-3-1-20-2-4-22/h5,20H,1-4H2. The first kappa shape index (κ1) is 15.8. The molecule has 0 radical (unpaired) electrons. The molecule has 1 aromatic carbocycles. The molecule has 3 rings (SSSR count). The van der Waals surface area contributed by atoms with Crippen LogP contribution in [0.1, 0.15) is 5.56 Å². The number of aromatic nitrogens is 1. The smallest absolute Gasteiger partial charge is 0.165 e. The van der Waals surface area contributed by atoms with Crippen LogP contribution in [0.3, 0.4) is 0 Å². The molecule has 1 aliphatic rings. The lowest BCUT2D eigenvalue weighted by atomic mass is 10.1. The summed E-state index contributed by atoms with van der Waals surface area (Å²) in [5, 5.41) is 13.4. The fourth-order valence-electron chi connectivity index (χ4n) is 2.58. The largest absolute Gasteiger partial charge is 0.367 e. The van der Waals surface area contributed by atoms with Crippen LogP contribution >= 0.6 is 39.1 Å². The van der Waals surface area contributed by atoms with Crippen LogP contribution in [0.5, 0.6) is 0 Å². The van der Waals surface area contributed by atoms with Crippen LogP contribution in [-0.2, 0) is 0 Å². The lowest BCUT2D eigenvalue weighted by Crippen LogP contribution is -2.44. The maximum Gasteiger partial charge on any atom is 0.165 e. The molecule has 8 heteroatoms. The maximum absolute atomic E-state index is 14.5. The maximum atomic E-state index is 14.5. The average Bonchev–Trinajstić information content (AvgIpc) is 2.53. The third kappa shape index (κ3) is 2.52. The molecule has 1 N–H and O–H groups in total. The summed E-state index contributed by atoms with van der Waals surface area (Å²) in [5.41, 5.74) is 0.940. The van der Waals surface area contributed by atoms with Crippen molar-refractivity contribution in [3.05, 3.63) is 32.1 Å². The van der Waals surface area contributed by atoms with Gasteiger partial charge in [-0.05, 0) is 22.0 Å². The minimum Gasteiger partial charge on any atom is -0.367 e. The topological polar surface area (TPSA) is 52.0 Å². The van der Waals surface area contributed by atoms with Gasteiger partial charge >= 0.3 is 0 Å². The van der Waals surface area contributed by atoms with Crippen LogP contribution < -0.4 is 10.2 Å². The Balaban J connectivity index is 2.38. The molecule has 0 bridgehead atoms. The Morgan fingerprint density at radius 3 is 2.68 bits per heavy atom. The minimum absolute atomic E-state index is 0.00310. The Morgan fingerprint density at radius 2 is 2.05 bits per heavy atom. The van der Waals surface area contributed by atoms with E-state index in [1.807, 2.05) is 4.90 Å². The summed E-state index contributed by atoms with van der Waals surface area (Å²) in [5.74, 6) is -0.578. The van der Waals surface area contributed by atoms with Crippen LogP contribution in [0.25, 0.3) is 10.9 Å². The predicted octanol–water partition coefficient (Wildman–Crippen LogP) is 3.72. The molecular formula is C14H10BrCl2FN4. The van der Waals surface area contributed by atoms with Crippen molar-refractivity contribution in [1.82, 2.24) is 10.3 Å². The first-order chi connectivity index (χ1) is 10.5. The molecule has 1 aliphatic heterocycles. The summed E-state index contributed by atoms with van der Waals surface area (Å²) in [6.07, 6.45) is 0. The number of nitrogens with one attached hydrogen (secondary N) is 1. The highest BCUT2D eigenvalue weighted by molar-refractivity contribution is 9.10. The van der Waals surface area contributed by atoms with Gasteiger partial charge in [0, 0.05) is 31.6 Å². The van der Waals surface area contributed by atoms with Gasteiger partial charge in [0.1, 0.15) is 22.3 Å². The van der Waals surface area contributed by atoms with E-state index in [1.165, 1.54) is 0 Å². The quantitative estimate of drug-likeness (QED) is 0.582. The molecule has 0 unspecified atom stereocenters. The van der Waals surface area contributed by atoms with E-state index in [0.29, 0.717) is 24.2 Å². The van der Waals surface area contributed by atoms with Crippen molar-refractivity contribution in [2.75, 3.05) is 31.1 Å². The van der Waals surface area contributed by atoms with E-state index < -0.39 is 5.82 Å². The molecule has 114 valence electrons. The van der Waals surface area contributed by atoms with E-state index in [4.69, 9.17) is 23.2 Å². The second-order valence-electron chi connectivity index (χ2n) is 4.86. The summed E-state index contributed by atoms with van der Waals surface area (Å²) in [7, 11) is 0. The first-order valence-electron chi connectivity index (χ1n) is 6.57. The summed E-state index contributed by atoms with van der Waals surface area (Å²) in [4.78, 5) is 6.05. The Kier molecular flexibility index (Phi) is 4.42. The van der Waals surface area contributed by atoms with Gasteiger partial charge in [0.05, 0.1) is 15.2 Å². The number of anilines is 1. The fourth-order valence-corrected chi connectivity index (χ4v) is 3.29. The number of nitrogens with zero attached hydrogens (tertiary/aromatic N) is 3. The van der Waals surface area contributed by atoms with Crippen LogP contribution in [0.15, 0.2) is 10.5 Å². The van der Waals surface area contributed by atoms with Gasteiger partial charge in [0.15, 0.2) is 5.82 Å². The summed E-state index contributed by atoms with van der Waals surface area (Å²) >= 11 is 15.3. The van der Waals surface area contributed by atoms with Crippen molar-refractivity contribution in [2.24, 2.45) is 0 Å². The van der Waals surface area contributed by atoms with Crippen LogP contribution in [0.2, 0.25) is 10.2 Å². The molecule has 1 fully saturated rings. The molecule has 0 amide bonds.